The number of nitrogens with one attached hydrogen (secondary N) is 2. The molecule has 487 valence electrons. The minimum atomic E-state index is -4.72. The number of aromatic carboxylic acids is 1. The van der Waals surface area contributed by atoms with Gasteiger partial charge in [0, 0.05) is 127 Å². The standard InChI is InChI=1S/C58H74N6O22S.CH3.Y.H2/c1-33-39(40-8-6-36(22-42(66)59-4)62-45(40)51(73)74)12-15-63(33)32-57-27-55(2)26-56(3,28-57)30-58(29-55,31-57)84-18-14-61-54(77)83-24-34-5-7-38(85-53-48(71)46(69)47(70)49(86-53)52(75)76)23-41(34)82-20-19-81-17-13-60-50(72)35(25-87(78,79)80)21-37(65)11-16-64-43(67)9-10-44(64)68;;;/h5-10,12,15,23,35,46-49,53,69-71H,11,13-14,16-22,24-32H2,1-4H3,(H6,59,60,61,66,72,73,74,75,76,77,78,79,80);1H3;;1H/q;-1;;/p-1/t35-,46-,47-,48+,49-,53+,55?,56?,57?,58?;;;/m0.../s1. The van der Waals surface area contributed by atoms with Crippen LogP contribution >= 0.6 is 0 Å². The number of hydrogen-bond acceptors (Lipinski definition) is 20. The summed E-state index contributed by atoms with van der Waals surface area (Å²) in [6, 6.07) is 9.35. The second-order valence-corrected chi connectivity index (χ2v) is 25.4. The van der Waals surface area contributed by atoms with Crippen molar-refractivity contribution < 1.29 is 139 Å². The van der Waals surface area contributed by atoms with Crippen LogP contribution in [0.25, 0.3) is 16.4 Å². The van der Waals surface area contributed by atoms with E-state index in [1.807, 2.05) is 19.2 Å². The van der Waals surface area contributed by atoms with Crippen molar-refractivity contribution in [1.29, 1.82) is 0 Å². The molecule has 0 spiro atoms. The molecule has 8 N–H and O–H groups in total. The molecule has 1 saturated heterocycles. The molecule has 4 heterocycles. The third-order valence-corrected chi connectivity index (χ3v) is 17.3. The zero-order valence-corrected chi connectivity index (χ0v) is 53.7. The summed E-state index contributed by atoms with van der Waals surface area (Å²) < 4.78 is 70.0. The molecule has 4 saturated carbocycles. The Kier molecular flexibility index (Phi) is 24.0. The predicted octanol–water partition coefficient (Wildman–Crippen LogP) is 2.95. The van der Waals surface area contributed by atoms with Gasteiger partial charge in [-0.3, -0.25) is 38.2 Å². The van der Waals surface area contributed by atoms with E-state index in [1.165, 1.54) is 25.2 Å². The maximum atomic E-state index is 13.2. The quantitative estimate of drug-likeness (QED) is 0.0206. The van der Waals surface area contributed by atoms with Crippen LogP contribution < -0.4 is 20.1 Å². The fourth-order valence-corrected chi connectivity index (χ4v) is 14.7. The summed E-state index contributed by atoms with van der Waals surface area (Å²) in [6.45, 7) is 5.98. The van der Waals surface area contributed by atoms with E-state index in [-0.39, 0.29) is 152 Å². The molecule has 4 aliphatic carbocycles. The van der Waals surface area contributed by atoms with E-state index in [2.05, 4.69) is 39.3 Å². The van der Waals surface area contributed by atoms with Crippen LogP contribution in [0.5, 0.6) is 11.5 Å². The number of pyridine rings is 1. The maximum absolute atomic E-state index is 13.2. The summed E-state index contributed by atoms with van der Waals surface area (Å²) in [5.74, 6) is -8.55. The molecule has 1 radical (unpaired) electrons. The zero-order valence-electron chi connectivity index (χ0n) is 50.1. The molecular weight excluding hydrogens is 1270 g/mol. The van der Waals surface area contributed by atoms with Crippen molar-refractivity contribution in [1.82, 2.24) is 25.1 Å². The molecular formula is C59H78N6O22SY-2. The number of nitrogens with zero attached hydrogens (tertiary/aromatic N) is 4. The Bertz CT molecular complexity index is 3260. The molecule has 30 heteroatoms. The SMILES string of the molecule is CNC(=O)Cc1ccc(-c2ccn(CC34CC5(C)CC(C)(C3)CC(OCC[N-]C(=O)OCc3ccc(O[C@@H]6O[C@H](C(=O)O)[C@@H](O)[C@H](O)[C@H]6O)cc3OCCOCCNC(=O)[C@@H](CC(=O)CCN3C(=O)C=CC3=O)CS(=O)(=O)O)(C5)C4)c2C)c(C(=O)O)n1.[CH3-].[HH].[Y]. The van der Waals surface area contributed by atoms with Gasteiger partial charge in [0.1, 0.15) is 48.8 Å². The van der Waals surface area contributed by atoms with Crippen molar-refractivity contribution in [2.75, 3.05) is 58.9 Å². The van der Waals surface area contributed by atoms with Crippen molar-refractivity contribution in [3.8, 4) is 22.6 Å². The first kappa shape index (κ1) is 71.8. The van der Waals surface area contributed by atoms with Crippen LogP contribution in [0, 0.1) is 36.5 Å². The number of amides is 5. The van der Waals surface area contributed by atoms with E-state index in [0.29, 0.717) is 17.8 Å². The van der Waals surface area contributed by atoms with Gasteiger partial charge in [-0.2, -0.15) is 8.42 Å². The van der Waals surface area contributed by atoms with Gasteiger partial charge in [0.2, 0.25) is 24.2 Å². The number of likely N-dealkylation sites (N-methyl/N-ethyl adjacent to an activating group) is 1. The van der Waals surface area contributed by atoms with Crippen molar-refractivity contribution in [3.05, 3.63) is 90.1 Å². The van der Waals surface area contributed by atoms with Gasteiger partial charge >= 0.3 is 11.9 Å². The molecule has 28 nitrogen and oxygen atoms in total. The van der Waals surface area contributed by atoms with Crippen LogP contribution in [0.2, 0.25) is 0 Å². The molecule has 5 fully saturated rings. The Morgan fingerprint density at radius 2 is 1.58 bits per heavy atom. The molecule has 8 atom stereocenters. The number of carbonyl (C=O) groups is 8. The number of aliphatic carboxylic acids is 1. The van der Waals surface area contributed by atoms with E-state index >= 15 is 0 Å². The Hall–Kier alpha value is -6.28. The molecule has 2 unspecified atom stereocenters. The first-order valence-electron chi connectivity index (χ1n) is 28.3. The van der Waals surface area contributed by atoms with E-state index < -0.39 is 106 Å². The molecule has 9 rings (SSSR count). The minimum absolute atomic E-state index is 0. The predicted molar refractivity (Wildman–Crippen MR) is 310 cm³/mol. The summed E-state index contributed by atoms with van der Waals surface area (Å²) in [4.78, 5) is 104. The zero-order chi connectivity index (χ0) is 63.2. The number of carboxylic acids is 2. The minimum Gasteiger partial charge on any atom is -0.615 e. The third-order valence-electron chi connectivity index (χ3n) is 16.5. The second-order valence-electron chi connectivity index (χ2n) is 23.9. The average Bonchev–Trinajstić information content (AvgIpc) is 0.788. The van der Waals surface area contributed by atoms with Gasteiger partial charge in [-0.1, -0.05) is 19.9 Å². The molecule has 3 aromatic rings. The number of ketones is 1. The van der Waals surface area contributed by atoms with Crippen molar-refractivity contribution >= 4 is 57.6 Å². The van der Waals surface area contributed by atoms with Gasteiger partial charge in [0.25, 0.3) is 21.9 Å². The Labute approximate surface area is 540 Å². The first-order valence-corrected chi connectivity index (χ1v) is 29.9. The number of carbonyl (C=O) groups excluding carboxylic acids is 6. The van der Waals surface area contributed by atoms with Crippen LogP contribution in [-0.4, -0.2) is 196 Å². The molecule has 89 heavy (non-hydrogen) atoms. The summed E-state index contributed by atoms with van der Waals surface area (Å²) >= 11 is 0. The van der Waals surface area contributed by atoms with Crippen molar-refractivity contribution in [3.63, 3.8) is 0 Å². The fraction of sp³-hybridized carbons (Fsp3) is 0.559. The van der Waals surface area contributed by atoms with Gasteiger partial charge < -0.3 is 81.9 Å². The Morgan fingerprint density at radius 3 is 2.24 bits per heavy atom. The van der Waals surface area contributed by atoms with Gasteiger partial charge in [-0.05, 0) is 86.0 Å². The Morgan fingerprint density at radius 1 is 0.888 bits per heavy atom. The summed E-state index contributed by atoms with van der Waals surface area (Å²) in [5, 5.41) is 59.9. The second kappa shape index (κ2) is 29.8. The molecule has 2 aromatic heterocycles. The van der Waals surface area contributed by atoms with Crippen LogP contribution in [-0.2, 0) is 110 Å². The summed E-state index contributed by atoms with van der Waals surface area (Å²) in [5.41, 5.74) is 1.82. The number of imide groups is 1. The van der Waals surface area contributed by atoms with Crippen LogP contribution in [0.4, 0.5) is 4.79 Å². The number of benzene rings is 1. The number of aromatic nitrogens is 2. The number of rotatable bonds is 30. The van der Waals surface area contributed by atoms with E-state index in [0.717, 1.165) is 66.8 Å². The first-order chi connectivity index (χ1) is 41.0. The fourth-order valence-electron chi connectivity index (χ4n) is 13.9. The topological polar surface area (TPSA) is 407 Å². The summed E-state index contributed by atoms with van der Waals surface area (Å²) in [7, 11) is -3.22. The number of aliphatic hydroxyl groups excluding tert-OH is 3. The molecule has 1 aromatic carbocycles. The van der Waals surface area contributed by atoms with Crippen molar-refractivity contribution in [2.24, 2.45) is 22.2 Å². The van der Waals surface area contributed by atoms with Gasteiger partial charge in [0.05, 0.1) is 42.6 Å². The number of ether oxygens (including phenoxy) is 6. The number of Topliss-reactive ketones (excluding diaryl/α,β-unsaturated/α-hetero) is 1. The van der Waals surface area contributed by atoms with Crippen LogP contribution in [0.1, 0.15) is 94.1 Å². The number of carboxylic acid groups (broad SMARTS) is 2. The van der Waals surface area contributed by atoms with Gasteiger partial charge in [-0.15, -0.1) is 6.54 Å². The maximum Gasteiger partial charge on any atom is 0.355 e. The van der Waals surface area contributed by atoms with E-state index in [4.69, 9.17) is 28.4 Å². The smallest absolute Gasteiger partial charge is 0.355 e. The van der Waals surface area contributed by atoms with Crippen molar-refractivity contribution in [2.45, 2.75) is 128 Å². The van der Waals surface area contributed by atoms with E-state index in [1.54, 1.807) is 12.1 Å². The van der Waals surface area contributed by atoms with Gasteiger partial charge in [-0.25, -0.2) is 14.6 Å². The normalized spacial score (nSPS) is 26.2. The Balaban J connectivity index is 0.00000491. The molecule has 4 bridgehead atoms. The van der Waals surface area contributed by atoms with Crippen LogP contribution in [0.15, 0.2) is 54.7 Å². The average molecular weight is 1340 g/mol. The third kappa shape index (κ3) is 18.0. The number of aliphatic hydroxyl groups is 3. The van der Waals surface area contributed by atoms with Crippen LogP contribution in [0.3, 0.4) is 0 Å². The molecule has 5 amide bonds. The largest absolute Gasteiger partial charge is 0.615 e. The van der Waals surface area contributed by atoms with E-state index in [9.17, 15) is 76.9 Å². The van der Waals surface area contributed by atoms with Gasteiger partial charge in [0.15, 0.2) is 11.8 Å². The monoisotopic (exact) mass is 1340 g/mol. The number of hydrogen-bond donors (Lipinski definition) is 8. The molecule has 2 aliphatic heterocycles. The molecule has 6 aliphatic rings. The summed E-state index contributed by atoms with van der Waals surface area (Å²) in [6.07, 6.45) is -2.11.